The zero-order chi connectivity index (χ0) is 22.4. The third-order valence-corrected chi connectivity index (χ3v) is 5.54. The lowest BCUT2D eigenvalue weighted by Gasteiger charge is -2.44. The third-order valence-electron chi connectivity index (χ3n) is 5.54. The van der Waals surface area contributed by atoms with Crippen LogP contribution in [0.2, 0.25) is 0 Å². The van der Waals surface area contributed by atoms with Crippen LogP contribution in [0.25, 0.3) is 0 Å². The molecular formula is C24H28N2O5. The topological polar surface area (TPSA) is 93.7 Å². The van der Waals surface area contributed by atoms with Crippen molar-refractivity contribution in [2.24, 2.45) is 11.8 Å². The second-order valence-electron chi connectivity index (χ2n) is 7.65. The monoisotopic (exact) mass is 424 g/mol. The molecule has 2 amide bonds. The number of benzene rings is 2. The number of ether oxygens (including phenoxy) is 2. The van der Waals surface area contributed by atoms with Gasteiger partial charge in [0.2, 0.25) is 0 Å². The predicted molar refractivity (Wildman–Crippen MR) is 115 cm³/mol. The van der Waals surface area contributed by atoms with Crippen molar-refractivity contribution in [3.05, 3.63) is 71.8 Å². The maximum absolute atomic E-state index is 12.8. The van der Waals surface area contributed by atoms with E-state index >= 15 is 0 Å². The van der Waals surface area contributed by atoms with Crippen LogP contribution < -0.4 is 10.6 Å². The number of rotatable bonds is 6. The Labute approximate surface area is 182 Å². The molecule has 2 N–H and O–H groups in total. The lowest BCUT2D eigenvalue weighted by molar-refractivity contribution is -0.182. The lowest BCUT2D eigenvalue weighted by atomic mass is 9.82. The van der Waals surface area contributed by atoms with E-state index in [-0.39, 0.29) is 30.3 Å². The van der Waals surface area contributed by atoms with Crippen LogP contribution in [-0.4, -0.2) is 42.8 Å². The first-order valence-corrected chi connectivity index (χ1v) is 10.5. The van der Waals surface area contributed by atoms with E-state index in [1.165, 1.54) is 0 Å². The number of carbonyl (C=O) groups excluding carboxylic acids is 3. The molecule has 1 aliphatic rings. The SMILES string of the molecule is CCOC(=O)[C@@H]1O[C@@H](NC(=O)c2ccccc2)[C@H](C)[C@H](NC(=O)c2ccccc2)[C@@H]1C. The van der Waals surface area contributed by atoms with Crippen molar-refractivity contribution >= 4 is 17.8 Å². The summed E-state index contributed by atoms with van der Waals surface area (Å²) in [4.78, 5) is 38.0. The van der Waals surface area contributed by atoms with Crippen molar-refractivity contribution in [3.63, 3.8) is 0 Å². The van der Waals surface area contributed by atoms with Crippen molar-refractivity contribution in [1.29, 1.82) is 0 Å². The van der Waals surface area contributed by atoms with Gasteiger partial charge in [-0.3, -0.25) is 9.59 Å². The fourth-order valence-electron chi connectivity index (χ4n) is 3.81. The highest BCUT2D eigenvalue weighted by atomic mass is 16.6. The highest BCUT2D eigenvalue weighted by Gasteiger charge is 2.46. The summed E-state index contributed by atoms with van der Waals surface area (Å²) in [5.74, 6) is -1.72. The predicted octanol–water partition coefficient (Wildman–Crippen LogP) is 2.78. The Hall–Kier alpha value is -3.19. The standard InChI is InChI=1S/C24H28N2O5/c1-4-30-24(29)20-15(2)19(25-21(27)17-11-7-5-8-12-17)16(3)23(31-20)26-22(28)18-13-9-6-10-14-18/h5-16,19-20,23H,4H2,1-3H3,(H,25,27)(H,26,28)/t15-,16+,19+,20+,23+/m0/s1. The van der Waals surface area contributed by atoms with E-state index in [9.17, 15) is 14.4 Å². The van der Waals surface area contributed by atoms with Crippen LogP contribution in [-0.2, 0) is 14.3 Å². The third kappa shape index (κ3) is 5.30. The van der Waals surface area contributed by atoms with Crippen LogP contribution >= 0.6 is 0 Å². The molecule has 0 saturated carbocycles. The summed E-state index contributed by atoms with van der Waals surface area (Å²) in [5.41, 5.74) is 1.00. The van der Waals surface area contributed by atoms with Crippen LogP contribution in [0.4, 0.5) is 0 Å². The van der Waals surface area contributed by atoms with Crippen LogP contribution in [0.5, 0.6) is 0 Å². The Morgan fingerprint density at radius 1 is 0.839 bits per heavy atom. The van der Waals surface area contributed by atoms with E-state index < -0.39 is 24.3 Å². The van der Waals surface area contributed by atoms with Gasteiger partial charge in [0, 0.05) is 29.0 Å². The van der Waals surface area contributed by atoms with Crippen molar-refractivity contribution in [3.8, 4) is 0 Å². The molecule has 1 saturated heterocycles. The minimum absolute atomic E-state index is 0.211. The number of hydrogen-bond donors (Lipinski definition) is 2. The maximum atomic E-state index is 12.8. The minimum Gasteiger partial charge on any atom is -0.464 e. The Kier molecular flexibility index (Phi) is 7.41. The summed E-state index contributed by atoms with van der Waals surface area (Å²) in [7, 11) is 0. The van der Waals surface area contributed by atoms with Gasteiger partial charge in [-0.15, -0.1) is 0 Å². The molecule has 0 spiro atoms. The minimum atomic E-state index is -0.918. The zero-order valence-electron chi connectivity index (χ0n) is 17.9. The fourth-order valence-corrected chi connectivity index (χ4v) is 3.81. The molecule has 5 atom stereocenters. The first kappa shape index (κ1) is 22.5. The van der Waals surface area contributed by atoms with Crippen LogP contribution in [0.1, 0.15) is 41.5 Å². The van der Waals surface area contributed by atoms with E-state index in [2.05, 4.69) is 10.6 Å². The van der Waals surface area contributed by atoms with E-state index in [0.29, 0.717) is 11.1 Å². The average Bonchev–Trinajstić information content (AvgIpc) is 2.79. The Balaban J connectivity index is 1.82. The zero-order valence-corrected chi connectivity index (χ0v) is 17.9. The molecule has 1 aliphatic heterocycles. The quantitative estimate of drug-likeness (QED) is 0.696. The largest absolute Gasteiger partial charge is 0.464 e. The smallest absolute Gasteiger partial charge is 0.335 e. The molecule has 2 aromatic carbocycles. The second kappa shape index (κ2) is 10.2. The first-order valence-electron chi connectivity index (χ1n) is 10.5. The van der Waals surface area contributed by atoms with E-state index in [0.717, 1.165) is 0 Å². The van der Waals surface area contributed by atoms with Crippen molar-refractivity contribution in [2.75, 3.05) is 6.61 Å². The van der Waals surface area contributed by atoms with Crippen molar-refractivity contribution < 1.29 is 23.9 Å². The number of amides is 2. The van der Waals surface area contributed by atoms with E-state index in [1.807, 2.05) is 26.0 Å². The molecule has 0 unspecified atom stereocenters. The van der Waals surface area contributed by atoms with Crippen molar-refractivity contribution in [1.82, 2.24) is 10.6 Å². The van der Waals surface area contributed by atoms with Crippen molar-refractivity contribution in [2.45, 2.75) is 39.1 Å². The van der Waals surface area contributed by atoms with Gasteiger partial charge in [-0.05, 0) is 31.2 Å². The summed E-state index contributed by atoms with van der Waals surface area (Å²) in [6, 6.07) is 17.2. The number of esters is 1. The molecule has 0 radical (unpaired) electrons. The van der Waals surface area contributed by atoms with Gasteiger partial charge in [-0.2, -0.15) is 0 Å². The van der Waals surface area contributed by atoms with Gasteiger partial charge in [0.25, 0.3) is 11.8 Å². The Morgan fingerprint density at radius 3 is 1.87 bits per heavy atom. The van der Waals surface area contributed by atoms with Gasteiger partial charge in [-0.1, -0.05) is 50.2 Å². The molecule has 1 fully saturated rings. The number of nitrogens with one attached hydrogen (secondary N) is 2. The number of hydrogen-bond acceptors (Lipinski definition) is 5. The molecule has 164 valence electrons. The van der Waals surface area contributed by atoms with Gasteiger partial charge in [0.1, 0.15) is 6.23 Å². The molecule has 3 rings (SSSR count). The van der Waals surface area contributed by atoms with E-state index in [1.54, 1.807) is 55.5 Å². The highest BCUT2D eigenvalue weighted by Crippen LogP contribution is 2.30. The van der Waals surface area contributed by atoms with Crippen LogP contribution in [0, 0.1) is 11.8 Å². The molecule has 2 aromatic rings. The molecular weight excluding hydrogens is 396 g/mol. The molecule has 7 heteroatoms. The van der Waals surface area contributed by atoms with Crippen LogP contribution in [0.3, 0.4) is 0 Å². The van der Waals surface area contributed by atoms with Gasteiger partial charge in [0.15, 0.2) is 6.10 Å². The Bertz CT molecular complexity index is 903. The summed E-state index contributed by atoms with van der Waals surface area (Å²) < 4.78 is 11.2. The summed E-state index contributed by atoms with van der Waals surface area (Å²) in [6.07, 6.45) is -1.70. The first-order chi connectivity index (χ1) is 14.9. The fraction of sp³-hybridized carbons (Fsp3) is 0.375. The molecule has 0 bridgehead atoms. The van der Waals surface area contributed by atoms with Crippen LogP contribution in [0.15, 0.2) is 60.7 Å². The normalized spacial score (nSPS) is 25.3. The second-order valence-corrected chi connectivity index (χ2v) is 7.65. The Morgan fingerprint density at radius 2 is 1.35 bits per heavy atom. The average molecular weight is 424 g/mol. The lowest BCUT2D eigenvalue weighted by Crippen LogP contribution is -2.62. The summed E-state index contributed by atoms with van der Waals surface area (Å²) in [5, 5.41) is 5.88. The molecule has 1 heterocycles. The van der Waals surface area contributed by atoms with E-state index in [4.69, 9.17) is 9.47 Å². The van der Waals surface area contributed by atoms with Gasteiger partial charge < -0.3 is 20.1 Å². The van der Waals surface area contributed by atoms with Gasteiger partial charge in [0.05, 0.1) is 6.61 Å². The van der Waals surface area contributed by atoms with Gasteiger partial charge in [-0.25, -0.2) is 4.79 Å². The molecule has 0 aromatic heterocycles. The molecule has 0 aliphatic carbocycles. The summed E-state index contributed by atoms with van der Waals surface area (Å²) >= 11 is 0. The summed E-state index contributed by atoms with van der Waals surface area (Å²) in [6.45, 7) is 5.65. The molecule has 31 heavy (non-hydrogen) atoms. The highest BCUT2D eigenvalue weighted by molar-refractivity contribution is 5.95. The van der Waals surface area contributed by atoms with Gasteiger partial charge >= 0.3 is 5.97 Å². The molecule has 7 nitrogen and oxygen atoms in total. The number of carbonyl (C=O) groups is 3. The maximum Gasteiger partial charge on any atom is 0.335 e.